The topological polar surface area (TPSA) is 39.9 Å². The lowest BCUT2D eigenvalue weighted by molar-refractivity contribution is 0.414. The molecule has 1 unspecified atom stereocenters. The lowest BCUT2D eigenvalue weighted by atomic mass is 10.3. The van der Waals surface area contributed by atoms with Crippen molar-refractivity contribution in [3.63, 3.8) is 0 Å². The zero-order valence-corrected chi connectivity index (χ0v) is 10.7. The van der Waals surface area contributed by atoms with E-state index in [1.165, 1.54) is 0 Å². The Hall–Kier alpha value is -1.36. The van der Waals surface area contributed by atoms with Gasteiger partial charge in [0.25, 0.3) is 0 Å². The summed E-state index contributed by atoms with van der Waals surface area (Å²) in [6.45, 7) is 2.02. The molecule has 4 nitrogen and oxygen atoms in total. The first-order valence-corrected chi connectivity index (χ1v) is 5.83. The lowest BCUT2D eigenvalue weighted by Crippen LogP contribution is -1.94. The van der Waals surface area contributed by atoms with E-state index in [1.54, 1.807) is 11.8 Å². The van der Waals surface area contributed by atoms with Crippen molar-refractivity contribution in [2.45, 2.75) is 11.8 Å². The minimum absolute atomic E-state index is 0.208. The zero-order valence-electron chi connectivity index (χ0n) is 9.09. The number of methoxy groups -OCH3 is 1. The monoisotopic (exact) mass is 281 g/mol. The molecule has 0 aliphatic heterocycles. The second kappa shape index (κ2) is 4.65. The number of nitrogens with zero attached hydrogens (tertiary/aromatic N) is 3. The van der Waals surface area contributed by atoms with Gasteiger partial charge in [-0.1, -0.05) is 21.1 Å². The van der Waals surface area contributed by atoms with E-state index < -0.39 is 0 Å². The van der Waals surface area contributed by atoms with Gasteiger partial charge >= 0.3 is 0 Å². The predicted molar refractivity (Wildman–Crippen MR) is 65.3 cm³/mol. The molecular formula is C11H12BrN3O. The third kappa shape index (κ3) is 2.24. The highest BCUT2D eigenvalue weighted by Gasteiger charge is 2.07. The summed E-state index contributed by atoms with van der Waals surface area (Å²) in [6, 6.07) is 7.68. The summed E-state index contributed by atoms with van der Waals surface area (Å²) in [5.41, 5.74) is 1.88. The molecule has 5 heteroatoms. The van der Waals surface area contributed by atoms with Crippen molar-refractivity contribution < 1.29 is 4.74 Å². The maximum Gasteiger partial charge on any atom is 0.119 e. The molecule has 0 aliphatic carbocycles. The van der Waals surface area contributed by atoms with Gasteiger partial charge in [-0.15, -0.1) is 5.10 Å². The Morgan fingerprint density at radius 2 is 2.00 bits per heavy atom. The fourth-order valence-electron chi connectivity index (χ4n) is 1.32. The fraction of sp³-hybridized carbons (Fsp3) is 0.273. The summed E-state index contributed by atoms with van der Waals surface area (Å²) in [5.74, 6) is 0.831. The first kappa shape index (κ1) is 11.1. The van der Waals surface area contributed by atoms with Crippen LogP contribution < -0.4 is 4.74 Å². The maximum absolute atomic E-state index is 5.10. The van der Waals surface area contributed by atoms with Crippen LogP contribution in [0.3, 0.4) is 0 Å². The largest absolute Gasteiger partial charge is 0.497 e. The van der Waals surface area contributed by atoms with Crippen molar-refractivity contribution in [3.8, 4) is 11.4 Å². The van der Waals surface area contributed by atoms with E-state index in [9.17, 15) is 0 Å². The summed E-state index contributed by atoms with van der Waals surface area (Å²) >= 11 is 3.46. The molecule has 1 heterocycles. The number of halogens is 1. The van der Waals surface area contributed by atoms with Crippen molar-refractivity contribution in [1.29, 1.82) is 0 Å². The second-order valence-electron chi connectivity index (χ2n) is 3.40. The Kier molecular flexibility index (Phi) is 3.24. The first-order chi connectivity index (χ1) is 7.70. The molecule has 0 amide bonds. The Morgan fingerprint density at radius 3 is 2.50 bits per heavy atom. The van der Waals surface area contributed by atoms with Crippen LogP contribution in [0.15, 0.2) is 30.5 Å². The van der Waals surface area contributed by atoms with Crippen LogP contribution in [-0.4, -0.2) is 22.1 Å². The molecule has 0 aliphatic rings. The molecule has 16 heavy (non-hydrogen) atoms. The summed E-state index contributed by atoms with van der Waals surface area (Å²) in [6.07, 6.45) is 1.90. The molecule has 84 valence electrons. The van der Waals surface area contributed by atoms with Crippen LogP contribution in [0.1, 0.15) is 17.4 Å². The quantitative estimate of drug-likeness (QED) is 0.813. The van der Waals surface area contributed by atoms with E-state index >= 15 is 0 Å². The van der Waals surface area contributed by atoms with Crippen molar-refractivity contribution in [2.75, 3.05) is 7.11 Å². The average Bonchev–Trinajstić information content (AvgIpc) is 2.78. The average molecular weight is 282 g/mol. The van der Waals surface area contributed by atoms with Gasteiger partial charge in [-0.2, -0.15) is 0 Å². The van der Waals surface area contributed by atoms with Crippen LogP contribution in [0.5, 0.6) is 5.75 Å². The Morgan fingerprint density at radius 1 is 1.31 bits per heavy atom. The van der Waals surface area contributed by atoms with Gasteiger partial charge in [0.05, 0.1) is 29.5 Å². The van der Waals surface area contributed by atoms with Gasteiger partial charge in [0.1, 0.15) is 5.75 Å². The van der Waals surface area contributed by atoms with Gasteiger partial charge in [-0.25, -0.2) is 4.68 Å². The highest BCUT2D eigenvalue weighted by molar-refractivity contribution is 9.09. The highest BCUT2D eigenvalue weighted by Crippen LogP contribution is 2.20. The molecule has 1 atom stereocenters. The van der Waals surface area contributed by atoms with Crippen molar-refractivity contribution in [3.05, 3.63) is 36.2 Å². The van der Waals surface area contributed by atoms with Gasteiger partial charge in [0.15, 0.2) is 0 Å². The predicted octanol–water partition coefficient (Wildman–Crippen LogP) is 2.73. The Balaban J connectivity index is 2.28. The molecule has 2 rings (SSSR count). The van der Waals surface area contributed by atoms with Crippen LogP contribution in [0.2, 0.25) is 0 Å². The summed E-state index contributed by atoms with van der Waals surface area (Å²) < 4.78 is 6.84. The minimum atomic E-state index is 0.208. The molecule has 1 aromatic heterocycles. The number of benzene rings is 1. The van der Waals surface area contributed by atoms with Gasteiger partial charge < -0.3 is 4.74 Å². The van der Waals surface area contributed by atoms with Gasteiger partial charge in [0.2, 0.25) is 0 Å². The molecule has 1 aromatic carbocycles. The Labute approximate surface area is 102 Å². The summed E-state index contributed by atoms with van der Waals surface area (Å²) in [4.78, 5) is 0.208. The smallest absolute Gasteiger partial charge is 0.119 e. The molecular weight excluding hydrogens is 270 g/mol. The summed E-state index contributed by atoms with van der Waals surface area (Å²) in [5, 5.41) is 8.13. The zero-order chi connectivity index (χ0) is 11.5. The van der Waals surface area contributed by atoms with Crippen LogP contribution >= 0.6 is 15.9 Å². The van der Waals surface area contributed by atoms with Crippen LogP contribution in [0.4, 0.5) is 0 Å². The van der Waals surface area contributed by atoms with E-state index in [0.717, 1.165) is 17.1 Å². The van der Waals surface area contributed by atoms with E-state index in [1.807, 2.05) is 37.4 Å². The second-order valence-corrected chi connectivity index (χ2v) is 4.78. The van der Waals surface area contributed by atoms with Crippen molar-refractivity contribution in [2.24, 2.45) is 0 Å². The van der Waals surface area contributed by atoms with Crippen LogP contribution in [-0.2, 0) is 0 Å². The van der Waals surface area contributed by atoms with E-state index in [-0.39, 0.29) is 4.83 Å². The molecule has 0 fully saturated rings. The molecule has 0 N–H and O–H groups in total. The number of hydrogen-bond acceptors (Lipinski definition) is 3. The maximum atomic E-state index is 5.10. The van der Waals surface area contributed by atoms with Crippen molar-refractivity contribution in [1.82, 2.24) is 15.0 Å². The SMILES string of the molecule is COc1ccc(-n2cc(C(C)Br)nn2)cc1. The van der Waals surface area contributed by atoms with Gasteiger partial charge in [0, 0.05) is 0 Å². The molecule has 0 bridgehead atoms. The molecule has 2 aromatic rings. The summed E-state index contributed by atoms with van der Waals surface area (Å²) in [7, 11) is 1.65. The van der Waals surface area contributed by atoms with Crippen LogP contribution in [0.25, 0.3) is 5.69 Å². The minimum Gasteiger partial charge on any atom is -0.497 e. The molecule has 0 spiro atoms. The molecule has 0 radical (unpaired) electrons. The lowest BCUT2D eigenvalue weighted by Gasteiger charge is -2.02. The number of hydrogen-bond donors (Lipinski definition) is 0. The van der Waals surface area contributed by atoms with Crippen molar-refractivity contribution >= 4 is 15.9 Å². The first-order valence-electron chi connectivity index (χ1n) is 4.91. The third-order valence-electron chi connectivity index (χ3n) is 2.26. The third-order valence-corrected chi connectivity index (χ3v) is 2.72. The number of aromatic nitrogens is 3. The molecule has 0 saturated heterocycles. The van der Waals surface area contributed by atoms with Gasteiger partial charge in [-0.3, -0.25) is 0 Å². The van der Waals surface area contributed by atoms with E-state index in [0.29, 0.717) is 0 Å². The molecule has 0 saturated carbocycles. The fourth-order valence-corrected chi connectivity index (χ4v) is 1.53. The van der Waals surface area contributed by atoms with Gasteiger partial charge in [-0.05, 0) is 31.2 Å². The Bertz CT molecular complexity index is 464. The number of alkyl halides is 1. The number of ether oxygens (including phenoxy) is 1. The highest BCUT2D eigenvalue weighted by atomic mass is 79.9. The standard InChI is InChI=1S/C11H12BrN3O/c1-8(12)11-7-15(14-13-11)9-3-5-10(16-2)6-4-9/h3-8H,1-2H3. The van der Waals surface area contributed by atoms with E-state index in [4.69, 9.17) is 4.74 Å². The van der Waals surface area contributed by atoms with Crippen LogP contribution in [0, 0.1) is 0 Å². The number of rotatable bonds is 3. The normalized spacial score (nSPS) is 12.4. The van der Waals surface area contributed by atoms with E-state index in [2.05, 4.69) is 26.2 Å².